The lowest BCUT2D eigenvalue weighted by Gasteiger charge is -2.16. The molecule has 0 aliphatic carbocycles. The van der Waals surface area contributed by atoms with Crippen LogP contribution in [0, 0.1) is 0 Å². The zero-order chi connectivity index (χ0) is 28.8. The summed E-state index contributed by atoms with van der Waals surface area (Å²) >= 11 is 0. The maximum Gasteiger partial charge on any atom is 0.100 e. The van der Waals surface area contributed by atoms with Crippen molar-refractivity contribution in [3.8, 4) is 0 Å². The summed E-state index contributed by atoms with van der Waals surface area (Å²) in [5, 5.41) is 9.88. The van der Waals surface area contributed by atoms with E-state index in [2.05, 4.69) is 117 Å². The number of nitrogens with zero attached hydrogens (tertiary/aromatic N) is 6. The Balaban J connectivity index is 1.87. The van der Waals surface area contributed by atoms with Crippen molar-refractivity contribution < 1.29 is 0 Å². The second-order valence-corrected chi connectivity index (χ2v) is 10.7. The summed E-state index contributed by atoms with van der Waals surface area (Å²) < 4.78 is 0. The summed E-state index contributed by atoms with van der Waals surface area (Å²) in [4.78, 5) is 8.38. The highest BCUT2D eigenvalue weighted by molar-refractivity contribution is 6.16. The van der Waals surface area contributed by atoms with Crippen molar-refractivity contribution in [2.45, 2.75) is 0 Å². The first kappa shape index (κ1) is 28.4. The molecule has 0 amide bonds. The Bertz CT molecular complexity index is 1220. The van der Waals surface area contributed by atoms with Gasteiger partial charge in [0.15, 0.2) is 0 Å². The molecule has 6 heteroatoms. The van der Waals surface area contributed by atoms with E-state index in [1.807, 2.05) is 56.4 Å². The van der Waals surface area contributed by atoms with Gasteiger partial charge in [0.25, 0.3) is 0 Å². The van der Waals surface area contributed by atoms with Gasteiger partial charge >= 0.3 is 0 Å². The molecule has 6 nitrogen and oxygen atoms in total. The molecular formula is C34H40N6. The summed E-state index contributed by atoms with van der Waals surface area (Å²) in [7, 11) is 16.4. The van der Waals surface area contributed by atoms with E-state index in [0.29, 0.717) is 0 Å². The van der Waals surface area contributed by atoms with E-state index >= 15 is 0 Å². The Morgan fingerprint density at radius 1 is 0.325 bits per heavy atom. The third-order valence-corrected chi connectivity index (χ3v) is 6.88. The number of rotatable bonds is 9. The Hall–Kier alpha value is -4.58. The summed E-state index contributed by atoms with van der Waals surface area (Å²) in [6.45, 7) is 0. The van der Waals surface area contributed by atoms with Crippen LogP contribution in [0.15, 0.2) is 107 Å². The van der Waals surface area contributed by atoms with Crippen molar-refractivity contribution in [3.63, 3.8) is 0 Å². The van der Waals surface area contributed by atoms with E-state index in [0.717, 1.165) is 56.4 Å². The zero-order valence-electron chi connectivity index (χ0n) is 24.9. The maximum atomic E-state index is 4.94. The first-order valence-electron chi connectivity index (χ1n) is 13.4. The predicted molar refractivity (Wildman–Crippen MR) is 174 cm³/mol. The molecule has 40 heavy (non-hydrogen) atoms. The van der Waals surface area contributed by atoms with Gasteiger partial charge < -0.3 is 19.6 Å². The average molecular weight is 533 g/mol. The van der Waals surface area contributed by atoms with Crippen molar-refractivity contribution in [2.75, 3.05) is 76.0 Å². The first-order chi connectivity index (χ1) is 19.1. The van der Waals surface area contributed by atoms with Crippen LogP contribution in [0.3, 0.4) is 0 Å². The van der Waals surface area contributed by atoms with Crippen LogP contribution in [-0.4, -0.2) is 67.8 Å². The van der Waals surface area contributed by atoms with Gasteiger partial charge in [-0.05, 0) is 48.5 Å². The molecule has 0 fully saturated rings. The van der Waals surface area contributed by atoms with Gasteiger partial charge in [-0.2, -0.15) is 0 Å². The minimum atomic E-state index is 0.822. The van der Waals surface area contributed by atoms with E-state index in [9.17, 15) is 0 Å². The van der Waals surface area contributed by atoms with E-state index in [1.54, 1.807) is 0 Å². The fraction of sp³-hybridized carbons (Fsp3) is 0.235. The molecule has 0 saturated heterocycles. The van der Waals surface area contributed by atoms with Crippen LogP contribution in [0.25, 0.3) is 0 Å². The molecule has 0 unspecified atom stereocenters. The highest BCUT2D eigenvalue weighted by Gasteiger charge is 2.12. The molecule has 4 rings (SSSR count). The van der Waals surface area contributed by atoms with E-state index in [1.165, 1.54) is 0 Å². The molecular weight excluding hydrogens is 492 g/mol. The number of hydrogen-bond donors (Lipinski definition) is 0. The molecule has 0 spiro atoms. The molecule has 4 aromatic carbocycles. The number of anilines is 4. The van der Waals surface area contributed by atoms with Crippen LogP contribution in [0.5, 0.6) is 0 Å². The van der Waals surface area contributed by atoms with Gasteiger partial charge in [0, 0.05) is 101 Å². The van der Waals surface area contributed by atoms with Gasteiger partial charge in [-0.3, -0.25) is 0 Å². The van der Waals surface area contributed by atoms with E-state index in [-0.39, 0.29) is 0 Å². The third kappa shape index (κ3) is 6.70. The normalized spacial score (nSPS) is 10.5. The minimum Gasteiger partial charge on any atom is -0.378 e. The lowest BCUT2D eigenvalue weighted by Crippen LogP contribution is -2.11. The lowest BCUT2D eigenvalue weighted by molar-refractivity contribution is 1.13. The molecule has 0 aliphatic heterocycles. The fourth-order valence-corrected chi connectivity index (χ4v) is 4.33. The standard InChI is InChI=1S/C34H40N6/c1-37(2)29-17-9-25(10-18-29)33(26-11-19-30(20-12-26)38(3)4)35-36-34(27-13-21-31(22-14-27)39(5)6)28-15-23-32(24-16-28)40(7)8/h9-24H,1-8H3. The van der Waals surface area contributed by atoms with Crippen LogP contribution in [0.2, 0.25) is 0 Å². The first-order valence-corrected chi connectivity index (χ1v) is 13.4. The van der Waals surface area contributed by atoms with Gasteiger partial charge in [-0.1, -0.05) is 48.5 Å². The summed E-state index contributed by atoms with van der Waals surface area (Å²) in [5.74, 6) is 0. The Morgan fingerprint density at radius 2 is 0.500 bits per heavy atom. The second kappa shape index (κ2) is 12.5. The van der Waals surface area contributed by atoms with Crippen LogP contribution >= 0.6 is 0 Å². The molecule has 0 bridgehead atoms. The van der Waals surface area contributed by atoms with Crippen LogP contribution < -0.4 is 19.6 Å². The van der Waals surface area contributed by atoms with Crippen molar-refractivity contribution >= 4 is 34.2 Å². The topological polar surface area (TPSA) is 37.7 Å². The quantitative estimate of drug-likeness (QED) is 0.189. The summed E-state index contributed by atoms with van der Waals surface area (Å²) in [5.41, 5.74) is 10.2. The van der Waals surface area contributed by atoms with Crippen molar-refractivity contribution in [3.05, 3.63) is 119 Å². The average Bonchev–Trinajstić information content (AvgIpc) is 2.96. The lowest BCUT2D eigenvalue weighted by atomic mass is 10.0. The highest BCUT2D eigenvalue weighted by atomic mass is 15.2. The maximum absolute atomic E-state index is 4.94. The van der Waals surface area contributed by atoms with E-state index < -0.39 is 0 Å². The summed E-state index contributed by atoms with van der Waals surface area (Å²) in [6, 6.07) is 33.8. The molecule has 0 aromatic heterocycles. The molecule has 206 valence electrons. The van der Waals surface area contributed by atoms with Crippen molar-refractivity contribution in [1.29, 1.82) is 0 Å². The Labute approximate surface area is 239 Å². The fourth-order valence-electron chi connectivity index (χ4n) is 4.33. The highest BCUT2D eigenvalue weighted by Crippen LogP contribution is 2.22. The predicted octanol–water partition coefficient (Wildman–Crippen LogP) is 6.24. The monoisotopic (exact) mass is 532 g/mol. The summed E-state index contributed by atoms with van der Waals surface area (Å²) in [6.07, 6.45) is 0. The van der Waals surface area contributed by atoms with Gasteiger partial charge in [-0.25, -0.2) is 0 Å². The van der Waals surface area contributed by atoms with Gasteiger partial charge in [0.2, 0.25) is 0 Å². The SMILES string of the molecule is CN(C)c1ccc(C(=NN=C(c2ccc(N(C)C)cc2)c2ccc(N(C)C)cc2)c2ccc(N(C)C)cc2)cc1. The van der Waals surface area contributed by atoms with Crippen LogP contribution in [0.4, 0.5) is 22.7 Å². The third-order valence-electron chi connectivity index (χ3n) is 6.88. The zero-order valence-corrected chi connectivity index (χ0v) is 24.9. The molecule has 0 atom stereocenters. The largest absolute Gasteiger partial charge is 0.378 e. The minimum absolute atomic E-state index is 0.822. The van der Waals surface area contributed by atoms with Crippen molar-refractivity contribution in [1.82, 2.24) is 0 Å². The van der Waals surface area contributed by atoms with Crippen molar-refractivity contribution in [2.24, 2.45) is 10.2 Å². The number of benzene rings is 4. The molecule has 0 aliphatic rings. The van der Waals surface area contributed by atoms with Gasteiger partial charge in [-0.15, -0.1) is 10.2 Å². The molecule has 0 heterocycles. The van der Waals surface area contributed by atoms with Gasteiger partial charge in [0.05, 0.1) is 0 Å². The second-order valence-electron chi connectivity index (χ2n) is 10.7. The molecule has 0 saturated carbocycles. The number of hydrogen-bond acceptors (Lipinski definition) is 6. The van der Waals surface area contributed by atoms with Crippen LogP contribution in [0.1, 0.15) is 22.3 Å². The Kier molecular flexibility index (Phi) is 8.90. The molecule has 0 N–H and O–H groups in total. The van der Waals surface area contributed by atoms with E-state index in [4.69, 9.17) is 10.2 Å². The molecule has 0 radical (unpaired) electrons. The van der Waals surface area contributed by atoms with Gasteiger partial charge in [0.1, 0.15) is 11.4 Å². The molecule has 4 aromatic rings. The van der Waals surface area contributed by atoms with Crippen LogP contribution in [-0.2, 0) is 0 Å². The Morgan fingerprint density at radius 3 is 0.650 bits per heavy atom. The smallest absolute Gasteiger partial charge is 0.100 e.